The Morgan fingerprint density at radius 2 is 1.56 bits per heavy atom. The minimum Gasteiger partial charge on any atom is -0.484 e. The molecule has 0 aliphatic carbocycles. The van der Waals surface area contributed by atoms with E-state index in [4.69, 9.17) is 25.8 Å². The summed E-state index contributed by atoms with van der Waals surface area (Å²) >= 11 is 6.04. The molecule has 0 aromatic heterocycles. The highest BCUT2D eigenvalue weighted by molar-refractivity contribution is 6.30. The molecule has 1 N–H and O–H groups in total. The summed E-state index contributed by atoms with van der Waals surface area (Å²) in [4.78, 5) is 27.3. The maximum Gasteiger partial charge on any atom is 0.260 e. The molecule has 0 saturated carbocycles. The number of amides is 2. The molecule has 0 spiro atoms. The lowest BCUT2D eigenvalue weighted by Gasteiger charge is -2.36. The van der Waals surface area contributed by atoms with Gasteiger partial charge in [0.2, 0.25) is 5.91 Å². The first kappa shape index (κ1) is 22.6. The third-order valence-electron chi connectivity index (χ3n) is 6.02. The van der Waals surface area contributed by atoms with Crippen molar-refractivity contribution < 1.29 is 23.8 Å². The molecule has 0 radical (unpaired) electrons. The molecule has 170 valence electrons. The van der Waals surface area contributed by atoms with Crippen LogP contribution in [0.4, 0.5) is 5.69 Å². The Hall–Kier alpha value is -2.61. The Morgan fingerprint density at radius 3 is 2.22 bits per heavy atom. The molecule has 2 heterocycles. The van der Waals surface area contributed by atoms with E-state index in [0.29, 0.717) is 68.8 Å². The number of anilines is 1. The van der Waals surface area contributed by atoms with Gasteiger partial charge in [0.15, 0.2) is 6.61 Å². The number of nitrogens with zero attached hydrogens (tertiary/aromatic N) is 1. The van der Waals surface area contributed by atoms with Crippen LogP contribution in [0.15, 0.2) is 48.5 Å². The summed E-state index contributed by atoms with van der Waals surface area (Å²) in [6.45, 7) is 3.33. The Balaban J connectivity index is 1.38. The van der Waals surface area contributed by atoms with Gasteiger partial charge in [-0.05, 0) is 54.8 Å². The van der Waals surface area contributed by atoms with E-state index in [-0.39, 0.29) is 18.4 Å². The van der Waals surface area contributed by atoms with Crippen LogP contribution < -0.4 is 10.1 Å². The van der Waals surface area contributed by atoms with Gasteiger partial charge >= 0.3 is 0 Å². The summed E-state index contributed by atoms with van der Waals surface area (Å²) < 4.78 is 16.4. The highest BCUT2D eigenvalue weighted by atomic mass is 35.5. The maximum atomic E-state index is 13.4. The van der Waals surface area contributed by atoms with Crippen molar-refractivity contribution in [2.75, 3.05) is 51.4 Å². The second kappa shape index (κ2) is 10.3. The van der Waals surface area contributed by atoms with Crippen molar-refractivity contribution >= 4 is 29.1 Å². The predicted octanol–water partition coefficient (Wildman–Crippen LogP) is 3.26. The number of benzene rings is 2. The van der Waals surface area contributed by atoms with Gasteiger partial charge in [-0.25, -0.2) is 0 Å². The van der Waals surface area contributed by atoms with E-state index in [1.807, 2.05) is 24.3 Å². The Labute approximate surface area is 192 Å². The maximum absolute atomic E-state index is 13.4. The molecule has 2 aliphatic heterocycles. The van der Waals surface area contributed by atoms with Crippen molar-refractivity contribution in [1.29, 1.82) is 0 Å². The second-order valence-corrected chi connectivity index (χ2v) is 8.40. The first-order valence-electron chi connectivity index (χ1n) is 10.8. The number of ether oxygens (including phenoxy) is 3. The SMILES string of the molecule is O=C(COc1ccc(NC(=O)C2(c3ccc(Cl)cc3)CCOCC2)cc1)N1CCOCC1. The van der Waals surface area contributed by atoms with Crippen LogP contribution in [0.3, 0.4) is 0 Å². The summed E-state index contributed by atoms with van der Waals surface area (Å²) in [7, 11) is 0. The molecule has 2 amide bonds. The molecule has 2 aromatic carbocycles. The van der Waals surface area contributed by atoms with Gasteiger partial charge in [-0.3, -0.25) is 9.59 Å². The number of halogens is 1. The topological polar surface area (TPSA) is 77.1 Å². The smallest absolute Gasteiger partial charge is 0.260 e. The van der Waals surface area contributed by atoms with Crippen molar-refractivity contribution in [2.24, 2.45) is 0 Å². The second-order valence-electron chi connectivity index (χ2n) is 7.96. The van der Waals surface area contributed by atoms with E-state index in [2.05, 4.69) is 5.32 Å². The Bertz CT molecular complexity index is 920. The molecular formula is C24H27ClN2O5. The van der Waals surface area contributed by atoms with Crippen molar-refractivity contribution in [3.8, 4) is 5.75 Å². The third kappa shape index (κ3) is 5.23. The zero-order valence-corrected chi connectivity index (χ0v) is 18.6. The zero-order valence-electron chi connectivity index (χ0n) is 17.8. The molecule has 0 atom stereocenters. The van der Waals surface area contributed by atoms with E-state index in [1.165, 1.54) is 0 Å². The van der Waals surface area contributed by atoms with Gasteiger partial charge in [0.25, 0.3) is 5.91 Å². The number of nitrogens with one attached hydrogen (secondary N) is 1. The van der Waals surface area contributed by atoms with E-state index in [9.17, 15) is 9.59 Å². The number of carbonyl (C=O) groups is 2. The lowest BCUT2D eigenvalue weighted by atomic mass is 9.73. The molecule has 7 nitrogen and oxygen atoms in total. The zero-order chi connectivity index (χ0) is 22.4. The molecule has 32 heavy (non-hydrogen) atoms. The summed E-state index contributed by atoms with van der Waals surface area (Å²) in [5.74, 6) is 0.442. The van der Waals surface area contributed by atoms with Crippen LogP contribution in [-0.2, 0) is 24.5 Å². The summed E-state index contributed by atoms with van der Waals surface area (Å²) in [6.07, 6.45) is 1.20. The monoisotopic (exact) mass is 458 g/mol. The first-order valence-corrected chi connectivity index (χ1v) is 11.2. The quantitative estimate of drug-likeness (QED) is 0.719. The molecule has 2 aromatic rings. The van der Waals surface area contributed by atoms with Crippen LogP contribution in [0.1, 0.15) is 18.4 Å². The van der Waals surface area contributed by atoms with Crippen LogP contribution in [0.5, 0.6) is 5.75 Å². The fraction of sp³-hybridized carbons (Fsp3) is 0.417. The number of morpholine rings is 1. The van der Waals surface area contributed by atoms with Crippen LogP contribution in [0.25, 0.3) is 0 Å². The standard InChI is InChI=1S/C24H27ClN2O5/c25-19-3-1-18(2-4-19)24(9-13-30-14-10-24)23(29)26-20-5-7-21(8-6-20)32-17-22(28)27-11-15-31-16-12-27/h1-8H,9-17H2,(H,26,29). The fourth-order valence-electron chi connectivity index (χ4n) is 4.07. The fourth-order valence-corrected chi connectivity index (χ4v) is 4.20. The van der Waals surface area contributed by atoms with Crippen LogP contribution in [0, 0.1) is 0 Å². The molecule has 0 unspecified atom stereocenters. The third-order valence-corrected chi connectivity index (χ3v) is 6.27. The highest BCUT2D eigenvalue weighted by Crippen LogP contribution is 2.36. The molecule has 0 bridgehead atoms. The van der Waals surface area contributed by atoms with E-state index < -0.39 is 5.41 Å². The number of carbonyl (C=O) groups excluding carboxylic acids is 2. The lowest BCUT2D eigenvalue weighted by molar-refractivity contribution is -0.137. The van der Waals surface area contributed by atoms with Gasteiger partial charge < -0.3 is 24.4 Å². The number of rotatable bonds is 6. The molecule has 2 aliphatic rings. The van der Waals surface area contributed by atoms with Crippen molar-refractivity contribution in [1.82, 2.24) is 4.90 Å². The summed E-state index contributed by atoms with van der Waals surface area (Å²) in [5.41, 5.74) is 0.939. The minimum atomic E-state index is -0.664. The molecule has 4 rings (SSSR count). The Kier molecular flexibility index (Phi) is 7.29. The van der Waals surface area contributed by atoms with Gasteiger partial charge in [-0.15, -0.1) is 0 Å². The van der Waals surface area contributed by atoms with Gasteiger partial charge in [0.1, 0.15) is 5.75 Å². The largest absolute Gasteiger partial charge is 0.484 e. The van der Waals surface area contributed by atoms with Crippen molar-refractivity contribution in [2.45, 2.75) is 18.3 Å². The lowest BCUT2D eigenvalue weighted by Crippen LogP contribution is -2.44. The van der Waals surface area contributed by atoms with Gasteiger partial charge in [0, 0.05) is 37.0 Å². The molecule has 2 fully saturated rings. The number of hydrogen-bond donors (Lipinski definition) is 1. The normalized spacial score (nSPS) is 18.1. The van der Waals surface area contributed by atoms with E-state index in [0.717, 1.165) is 5.56 Å². The Morgan fingerprint density at radius 1 is 0.938 bits per heavy atom. The van der Waals surface area contributed by atoms with Crippen LogP contribution in [-0.4, -0.2) is 62.8 Å². The van der Waals surface area contributed by atoms with E-state index >= 15 is 0 Å². The first-order chi connectivity index (χ1) is 15.6. The average Bonchev–Trinajstić information content (AvgIpc) is 2.84. The van der Waals surface area contributed by atoms with Crippen LogP contribution >= 0.6 is 11.6 Å². The highest BCUT2D eigenvalue weighted by Gasteiger charge is 2.41. The number of hydrogen-bond acceptors (Lipinski definition) is 5. The van der Waals surface area contributed by atoms with Crippen LogP contribution in [0.2, 0.25) is 5.02 Å². The van der Waals surface area contributed by atoms with Gasteiger partial charge in [0.05, 0.1) is 18.6 Å². The summed E-state index contributed by atoms with van der Waals surface area (Å²) in [5, 5.41) is 3.68. The predicted molar refractivity (Wildman–Crippen MR) is 121 cm³/mol. The summed E-state index contributed by atoms with van der Waals surface area (Å²) in [6, 6.07) is 14.5. The average molecular weight is 459 g/mol. The van der Waals surface area contributed by atoms with Crippen molar-refractivity contribution in [3.05, 3.63) is 59.1 Å². The van der Waals surface area contributed by atoms with Crippen molar-refractivity contribution in [3.63, 3.8) is 0 Å². The van der Waals surface area contributed by atoms with Gasteiger partial charge in [-0.1, -0.05) is 23.7 Å². The molecular weight excluding hydrogens is 432 g/mol. The van der Waals surface area contributed by atoms with E-state index in [1.54, 1.807) is 29.2 Å². The minimum absolute atomic E-state index is 0.0224. The molecule has 2 saturated heterocycles. The molecule has 8 heteroatoms. The van der Waals surface area contributed by atoms with Gasteiger partial charge in [-0.2, -0.15) is 0 Å².